The van der Waals surface area contributed by atoms with Gasteiger partial charge < -0.3 is 15.8 Å². The summed E-state index contributed by atoms with van der Waals surface area (Å²) < 4.78 is 5.61. The van der Waals surface area contributed by atoms with Crippen molar-refractivity contribution >= 4 is 11.7 Å². The average Bonchev–Trinajstić information content (AvgIpc) is 3.15. The van der Waals surface area contributed by atoms with E-state index in [1.54, 1.807) is 0 Å². The molecule has 0 radical (unpaired) electrons. The third-order valence-electron chi connectivity index (χ3n) is 4.78. The second-order valence-electron chi connectivity index (χ2n) is 6.85. The van der Waals surface area contributed by atoms with E-state index in [1.807, 2.05) is 43.3 Å². The number of nitrogen functional groups attached to an aromatic ring is 1. The summed E-state index contributed by atoms with van der Waals surface area (Å²) >= 11 is 0. The maximum atomic E-state index is 12.3. The highest BCUT2D eigenvalue weighted by Gasteiger charge is 2.14. The van der Waals surface area contributed by atoms with E-state index in [1.165, 1.54) is 12.8 Å². The molecule has 1 fully saturated rings. The van der Waals surface area contributed by atoms with Gasteiger partial charge in [-0.25, -0.2) is 4.98 Å². The van der Waals surface area contributed by atoms with Gasteiger partial charge in [-0.05, 0) is 68.9 Å². The molecule has 1 saturated heterocycles. The van der Waals surface area contributed by atoms with E-state index in [9.17, 15) is 4.79 Å². The molecule has 0 bridgehead atoms. The fourth-order valence-corrected chi connectivity index (χ4v) is 3.30. The summed E-state index contributed by atoms with van der Waals surface area (Å²) in [5, 5.41) is 2.99. The topological polar surface area (TPSA) is 77.2 Å². The number of nitrogens with one attached hydrogen (secondary N) is 1. The number of carbonyl (C=O) groups is 1. The highest BCUT2D eigenvalue weighted by Crippen LogP contribution is 2.25. The minimum Gasteiger partial charge on any atom is -0.383 e. The predicted molar refractivity (Wildman–Crippen MR) is 104 cm³/mol. The van der Waals surface area contributed by atoms with Gasteiger partial charge in [0.2, 0.25) is 0 Å². The number of nitrogens with two attached hydrogens (primary N) is 1. The van der Waals surface area contributed by atoms with Gasteiger partial charge in [-0.15, -0.1) is 0 Å². The van der Waals surface area contributed by atoms with Crippen LogP contribution in [-0.4, -0.2) is 30.1 Å². The van der Waals surface area contributed by atoms with Crippen LogP contribution in [0.25, 0.3) is 11.1 Å². The summed E-state index contributed by atoms with van der Waals surface area (Å²) in [6.07, 6.45) is 5.96. The Hall–Kier alpha value is -2.40. The van der Waals surface area contributed by atoms with Crippen molar-refractivity contribution in [3.8, 4) is 11.1 Å². The van der Waals surface area contributed by atoms with Gasteiger partial charge in [-0.2, -0.15) is 0 Å². The maximum absolute atomic E-state index is 12.3. The molecule has 138 valence electrons. The van der Waals surface area contributed by atoms with Crippen molar-refractivity contribution in [3.05, 3.63) is 47.7 Å². The van der Waals surface area contributed by atoms with E-state index in [-0.39, 0.29) is 5.91 Å². The van der Waals surface area contributed by atoms with Gasteiger partial charge in [-0.3, -0.25) is 4.79 Å². The fraction of sp³-hybridized carbons (Fsp3) is 0.429. The van der Waals surface area contributed by atoms with Crippen LogP contribution in [0.2, 0.25) is 0 Å². The molecule has 1 amide bonds. The number of hydrogen-bond donors (Lipinski definition) is 2. The Kier molecular flexibility index (Phi) is 6.23. The van der Waals surface area contributed by atoms with Crippen LogP contribution in [0.15, 0.2) is 36.4 Å². The normalized spacial score (nSPS) is 16.6. The lowest BCUT2D eigenvalue weighted by Crippen LogP contribution is -2.24. The van der Waals surface area contributed by atoms with Crippen molar-refractivity contribution in [1.82, 2.24) is 10.3 Å². The van der Waals surface area contributed by atoms with Gasteiger partial charge in [0.15, 0.2) is 0 Å². The van der Waals surface area contributed by atoms with Crippen LogP contribution in [0.4, 0.5) is 5.82 Å². The first-order valence-corrected chi connectivity index (χ1v) is 9.37. The Morgan fingerprint density at radius 1 is 1.23 bits per heavy atom. The fourth-order valence-electron chi connectivity index (χ4n) is 3.30. The zero-order valence-electron chi connectivity index (χ0n) is 15.3. The van der Waals surface area contributed by atoms with Crippen molar-refractivity contribution in [3.63, 3.8) is 0 Å². The summed E-state index contributed by atoms with van der Waals surface area (Å²) in [6.45, 7) is 3.51. The minimum absolute atomic E-state index is 0.0383. The van der Waals surface area contributed by atoms with E-state index in [0.717, 1.165) is 42.7 Å². The highest BCUT2D eigenvalue weighted by molar-refractivity contribution is 5.94. The molecule has 2 heterocycles. The number of carbonyl (C=O) groups excluding carboxylic acids is 1. The smallest absolute Gasteiger partial charge is 0.251 e. The van der Waals surface area contributed by atoms with E-state index >= 15 is 0 Å². The Balaban J connectivity index is 1.47. The number of pyridine rings is 1. The van der Waals surface area contributed by atoms with Crippen LogP contribution in [0.3, 0.4) is 0 Å². The molecule has 5 heteroatoms. The molecule has 5 nitrogen and oxygen atoms in total. The van der Waals surface area contributed by atoms with E-state index < -0.39 is 0 Å². The number of rotatable bonds is 7. The Labute approximate surface area is 155 Å². The van der Waals surface area contributed by atoms with Gasteiger partial charge >= 0.3 is 0 Å². The monoisotopic (exact) mass is 353 g/mol. The van der Waals surface area contributed by atoms with Crippen LogP contribution in [-0.2, 0) is 4.74 Å². The number of ether oxygens (including phenoxy) is 1. The van der Waals surface area contributed by atoms with Crippen LogP contribution in [0.5, 0.6) is 0 Å². The van der Waals surface area contributed by atoms with Crippen molar-refractivity contribution in [2.24, 2.45) is 0 Å². The first-order valence-electron chi connectivity index (χ1n) is 9.37. The summed E-state index contributed by atoms with van der Waals surface area (Å²) in [5.74, 6) is 0.470. The molecule has 1 aromatic heterocycles. The Morgan fingerprint density at radius 3 is 2.73 bits per heavy atom. The summed E-state index contributed by atoms with van der Waals surface area (Å²) in [4.78, 5) is 16.5. The highest BCUT2D eigenvalue weighted by atomic mass is 16.5. The molecule has 3 rings (SSSR count). The van der Waals surface area contributed by atoms with Gasteiger partial charge in [0.1, 0.15) is 5.82 Å². The lowest BCUT2D eigenvalue weighted by Gasteiger charge is -2.10. The second kappa shape index (κ2) is 8.81. The standard InChI is InChI=1S/C21H27N3O2/c1-15-7-12-19(20(22)24-15)16-8-10-17(11-9-16)21(25)23-13-3-2-5-18-6-4-14-26-18/h7-12,18H,2-6,13-14H2,1H3,(H2,22,24)(H,23,25). The van der Waals surface area contributed by atoms with Gasteiger partial charge in [0.25, 0.3) is 5.91 Å². The van der Waals surface area contributed by atoms with Crippen LogP contribution < -0.4 is 11.1 Å². The first-order chi connectivity index (χ1) is 12.6. The second-order valence-corrected chi connectivity index (χ2v) is 6.85. The van der Waals surface area contributed by atoms with E-state index in [4.69, 9.17) is 10.5 Å². The van der Waals surface area contributed by atoms with Crippen LogP contribution in [0.1, 0.15) is 48.2 Å². The molecule has 3 N–H and O–H groups in total. The SMILES string of the molecule is Cc1ccc(-c2ccc(C(=O)NCCCCC3CCCO3)cc2)c(N)n1. The molecular weight excluding hydrogens is 326 g/mol. The number of nitrogens with zero attached hydrogens (tertiary/aromatic N) is 1. The van der Waals surface area contributed by atoms with E-state index in [2.05, 4.69) is 10.3 Å². The zero-order valence-corrected chi connectivity index (χ0v) is 15.3. The third kappa shape index (κ3) is 4.82. The Morgan fingerprint density at radius 2 is 2.04 bits per heavy atom. The maximum Gasteiger partial charge on any atom is 0.251 e. The summed E-state index contributed by atoms with van der Waals surface area (Å²) in [7, 11) is 0. The van der Waals surface area contributed by atoms with Gasteiger partial charge in [-0.1, -0.05) is 12.1 Å². The number of aromatic nitrogens is 1. The quantitative estimate of drug-likeness (QED) is 0.744. The van der Waals surface area contributed by atoms with Gasteiger partial charge in [0, 0.05) is 30.0 Å². The third-order valence-corrected chi connectivity index (χ3v) is 4.78. The number of benzene rings is 1. The molecule has 1 aromatic carbocycles. The number of aryl methyl sites for hydroxylation is 1. The molecule has 1 unspecified atom stereocenters. The molecule has 0 saturated carbocycles. The van der Waals surface area contributed by atoms with E-state index in [0.29, 0.717) is 24.0 Å². The number of amides is 1. The molecule has 26 heavy (non-hydrogen) atoms. The number of anilines is 1. The molecule has 1 aliphatic rings. The van der Waals surface area contributed by atoms with Gasteiger partial charge in [0.05, 0.1) is 6.10 Å². The predicted octanol–water partition coefficient (Wildman–Crippen LogP) is 3.72. The van der Waals surface area contributed by atoms with Crippen molar-refractivity contribution in [1.29, 1.82) is 0 Å². The van der Waals surface area contributed by atoms with Crippen LogP contribution in [0, 0.1) is 6.92 Å². The molecule has 0 spiro atoms. The summed E-state index contributed by atoms with van der Waals surface area (Å²) in [6, 6.07) is 11.4. The van der Waals surface area contributed by atoms with Crippen molar-refractivity contribution in [2.45, 2.75) is 45.1 Å². The lowest BCUT2D eigenvalue weighted by atomic mass is 10.0. The molecular formula is C21H27N3O2. The largest absolute Gasteiger partial charge is 0.383 e. The van der Waals surface area contributed by atoms with Crippen molar-refractivity contribution in [2.75, 3.05) is 18.9 Å². The molecule has 1 aliphatic heterocycles. The minimum atomic E-state index is -0.0383. The number of hydrogen-bond acceptors (Lipinski definition) is 4. The Bertz CT molecular complexity index is 737. The first kappa shape index (κ1) is 18.4. The number of unbranched alkanes of at least 4 members (excludes halogenated alkanes) is 1. The van der Waals surface area contributed by atoms with Crippen molar-refractivity contribution < 1.29 is 9.53 Å². The van der Waals surface area contributed by atoms with Crippen LogP contribution >= 0.6 is 0 Å². The zero-order chi connectivity index (χ0) is 18.4. The summed E-state index contributed by atoms with van der Waals surface area (Å²) in [5.41, 5.74) is 9.39. The molecule has 0 aliphatic carbocycles. The lowest BCUT2D eigenvalue weighted by molar-refractivity contribution is 0.0947. The molecule has 1 atom stereocenters. The molecule has 2 aromatic rings. The average molecular weight is 353 g/mol.